The van der Waals surface area contributed by atoms with Gasteiger partial charge in [0.05, 0.1) is 19.8 Å². The molecule has 1 aliphatic carbocycles. The van der Waals surface area contributed by atoms with Crippen molar-refractivity contribution in [2.45, 2.75) is 32.6 Å². The minimum atomic E-state index is 0.731. The summed E-state index contributed by atoms with van der Waals surface area (Å²) in [5.74, 6) is 1.77. The zero-order chi connectivity index (χ0) is 14.8. The number of benzene rings is 2. The molecule has 1 saturated carbocycles. The highest BCUT2D eigenvalue weighted by atomic mass is 16.5. The van der Waals surface area contributed by atoms with Gasteiger partial charge >= 0.3 is 0 Å². The molecule has 2 aliphatic rings. The van der Waals surface area contributed by atoms with E-state index in [0.29, 0.717) is 0 Å². The molecular weight excluding hydrogens is 274 g/mol. The Kier molecular flexibility index (Phi) is 3.73. The molecule has 0 atom stereocenters. The van der Waals surface area contributed by atoms with Crippen LogP contribution in [0.4, 0.5) is 5.69 Å². The smallest absolute Gasteiger partial charge is 0.119 e. The number of hydrogen-bond donors (Lipinski definition) is 1. The Hall–Kier alpha value is -2.00. The standard InChI is InChI=1S/C19H21NO2/c1-2-15(8-19(3-1)22-11-14-4-5-14)10-20-18-7-6-16-12-21-13-17(16)9-18/h1-3,6-9,14,20H,4-5,10-13H2. The van der Waals surface area contributed by atoms with Crippen LogP contribution in [0.1, 0.15) is 29.5 Å². The first kappa shape index (κ1) is 13.6. The molecule has 0 saturated heterocycles. The quantitative estimate of drug-likeness (QED) is 0.869. The maximum Gasteiger partial charge on any atom is 0.119 e. The first-order valence-electron chi connectivity index (χ1n) is 8.02. The van der Waals surface area contributed by atoms with Gasteiger partial charge in [-0.2, -0.15) is 0 Å². The number of nitrogens with one attached hydrogen (secondary N) is 1. The Balaban J connectivity index is 1.37. The third kappa shape index (κ3) is 3.25. The van der Waals surface area contributed by atoms with Crippen molar-refractivity contribution in [3.8, 4) is 5.75 Å². The maximum atomic E-state index is 5.84. The van der Waals surface area contributed by atoms with Crippen molar-refractivity contribution in [1.82, 2.24) is 0 Å². The predicted octanol–water partition coefficient (Wildman–Crippen LogP) is 4.12. The average molecular weight is 295 g/mol. The van der Waals surface area contributed by atoms with Crippen LogP contribution in [0.5, 0.6) is 5.75 Å². The van der Waals surface area contributed by atoms with Crippen LogP contribution in [0.15, 0.2) is 42.5 Å². The zero-order valence-corrected chi connectivity index (χ0v) is 12.7. The van der Waals surface area contributed by atoms with E-state index >= 15 is 0 Å². The Morgan fingerprint density at radius 3 is 2.86 bits per heavy atom. The number of fused-ring (bicyclic) bond motifs is 1. The van der Waals surface area contributed by atoms with Crippen molar-refractivity contribution in [3.63, 3.8) is 0 Å². The van der Waals surface area contributed by atoms with E-state index in [0.717, 1.165) is 43.7 Å². The van der Waals surface area contributed by atoms with E-state index in [1.54, 1.807) is 0 Å². The highest BCUT2D eigenvalue weighted by molar-refractivity contribution is 5.49. The molecule has 3 heteroatoms. The van der Waals surface area contributed by atoms with Gasteiger partial charge in [-0.1, -0.05) is 18.2 Å². The van der Waals surface area contributed by atoms with E-state index in [2.05, 4.69) is 41.7 Å². The molecule has 0 spiro atoms. The second-order valence-electron chi connectivity index (χ2n) is 6.23. The van der Waals surface area contributed by atoms with Gasteiger partial charge in [0.15, 0.2) is 0 Å². The van der Waals surface area contributed by atoms with Crippen LogP contribution in [-0.4, -0.2) is 6.61 Å². The van der Waals surface area contributed by atoms with Gasteiger partial charge in [-0.15, -0.1) is 0 Å². The van der Waals surface area contributed by atoms with E-state index in [1.165, 1.54) is 29.5 Å². The van der Waals surface area contributed by atoms with E-state index in [-0.39, 0.29) is 0 Å². The summed E-state index contributed by atoms with van der Waals surface area (Å²) in [6.07, 6.45) is 2.65. The van der Waals surface area contributed by atoms with Crippen molar-refractivity contribution in [3.05, 3.63) is 59.2 Å². The summed E-state index contributed by atoms with van der Waals surface area (Å²) in [7, 11) is 0. The molecule has 0 aromatic heterocycles. The first-order valence-corrected chi connectivity index (χ1v) is 8.02. The van der Waals surface area contributed by atoms with Crippen molar-refractivity contribution >= 4 is 5.69 Å². The summed E-state index contributed by atoms with van der Waals surface area (Å²) >= 11 is 0. The highest BCUT2D eigenvalue weighted by Gasteiger charge is 2.21. The molecule has 0 radical (unpaired) electrons. The molecule has 2 aromatic carbocycles. The first-order chi connectivity index (χ1) is 10.9. The Morgan fingerprint density at radius 1 is 1.05 bits per heavy atom. The molecule has 1 heterocycles. The molecule has 0 bridgehead atoms. The van der Waals surface area contributed by atoms with Gasteiger partial charge in [-0.25, -0.2) is 0 Å². The third-order valence-corrected chi connectivity index (χ3v) is 4.30. The van der Waals surface area contributed by atoms with Crippen molar-refractivity contribution in [1.29, 1.82) is 0 Å². The van der Waals surface area contributed by atoms with Gasteiger partial charge in [0.1, 0.15) is 5.75 Å². The number of hydrogen-bond acceptors (Lipinski definition) is 3. The van der Waals surface area contributed by atoms with Gasteiger partial charge in [-0.3, -0.25) is 0 Å². The van der Waals surface area contributed by atoms with Crippen LogP contribution < -0.4 is 10.1 Å². The minimum absolute atomic E-state index is 0.731. The largest absolute Gasteiger partial charge is 0.493 e. The fourth-order valence-corrected chi connectivity index (χ4v) is 2.73. The lowest BCUT2D eigenvalue weighted by atomic mass is 10.1. The van der Waals surface area contributed by atoms with E-state index in [4.69, 9.17) is 9.47 Å². The topological polar surface area (TPSA) is 30.5 Å². The highest BCUT2D eigenvalue weighted by Crippen LogP contribution is 2.29. The Morgan fingerprint density at radius 2 is 1.95 bits per heavy atom. The Labute approximate surface area is 131 Å². The van der Waals surface area contributed by atoms with Crippen LogP contribution in [0.2, 0.25) is 0 Å². The van der Waals surface area contributed by atoms with Crippen molar-refractivity contribution in [2.24, 2.45) is 5.92 Å². The monoisotopic (exact) mass is 295 g/mol. The minimum Gasteiger partial charge on any atom is -0.493 e. The fraction of sp³-hybridized carbons (Fsp3) is 0.368. The molecule has 22 heavy (non-hydrogen) atoms. The van der Waals surface area contributed by atoms with E-state index in [9.17, 15) is 0 Å². The molecule has 0 unspecified atom stereocenters. The summed E-state index contributed by atoms with van der Waals surface area (Å²) < 4.78 is 11.3. The van der Waals surface area contributed by atoms with Gasteiger partial charge < -0.3 is 14.8 Å². The van der Waals surface area contributed by atoms with Crippen LogP contribution in [0.3, 0.4) is 0 Å². The number of anilines is 1. The summed E-state index contributed by atoms with van der Waals surface area (Å²) in [5, 5.41) is 3.48. The molecule has 2 aromatic rings. The van der Waals surface area contributed by atoms with Crippen LogP contribution in [0.25, 0.3) is 0 Å². The summed E-state index contributed by atoms with van der Waals surface area (Å²) in [4.78, 5) is 0. The van der Waals surface area contributed by atoms with E-state index < -0.39 is 0 Å². The van der Waals surface area contributed by atoms with Gasteiger partial charge in [0.25, 0.3) is 0 Å². The molecule has 4 rings (SSSR count). The van der Waals surface area contributed by atoms with Crippen LogP contribution >= 0.6 is 0 Å². The fourth-order valence-electron chi connectivity index (χ4n) is 2.73. The molecule has 1 fully saturated rings. The second kappa shape index (κ2) is 6.01. The second-order valence-corrected chi connectivity index (χ2v) is 6.23. The van der Waals surface area contributed by atoms with Crippen LogP contribution in [0, 0.1) is 5.92 Å². The lowest BCUT2D eigenvalue weighted by Gasteiger charge is -2.10. The number of ether oxygens (including phenoxy) is 2. The Bertz CT molecular complexity index is 664. The van der Waals surface area contributed by atoms with Gasteiger partial charge in [0, 0.05) is 12.2 Å². The van der Waals surface area contributed by atoms with Crippen molar-refractivity contribution < 1.29 is 9.47 Å². The molecule has 1 aliphatic heterocycles. The van der Waals surface area contributed by atoms with E-state index in [1.807, 2.05) is 6.07 Å². The zero-order valence-electron chi connectivity index (χ0n) is 12.7. The number of rotatable bonds is 6. The predicted molar refractivity (Wildman–Crippen MR) is 86.9 cm³/mol. The molecule has 3 nitrogen and oxygen atoms in total. The summed E-state index contributed by atoms with van der Waals surface area (Å²) in [6, 6.07) is 14.8. The molecule has 114 valence electrons. The summed E-state index contributed by atoms with van der Waals surface area (Å²) in [6.45, 7) is 3.15. The maximum absolute atomic E-state index is 5.84. The molecule has 1 N–H and O–H groups in total. The SMILES string of the molecule is c1cc(CNc2ccc3c(c2)COC3)cc(OCC2CC2)c1. The van der Waals surface area contributed by atoms with Gasteiger partial charge in [-0.05, 0) is 59.7 Å². The molecular formula is C19H21NO2. The average Bonchev–Trinajstić information content (AvgIpc) is 3.27. The van der Waals surface area contributed by atoms with Crippen LogP contribution in [-0.2, 0) is 24.5 Å². The van der Waals surface area contributed by atoms with Crippen molar-refractivity contribution in [2.75, 3.05) is 11.9 Å². The lowest BCUT2D eigenvalue weighted by molar-refractivity contribution is 0.134. The van der Waals surface area contributed by atoms with Gasteiger partial charge in [0.2, 0.25) is 0 Å². The third-order valence-electron chi connectivity index (χ3n) is 4.30. The lowest BCUT2D eigenvalue weighted by Crippen LogP contribution is -2.02. The summed E-state index contributed by atoms with van der Waals surface area (Å²) in [5.41, 5.74) is 4.99. The normalized spacial score (nSPS) is 16.4. The molecule has 0 amide bonds.